The van der Waals surface area contributed by atoms with Gasteiger partial charge in [-0.1, -0.05) is 37.3 Å². The zero-order chi connectivity index (χ0) is 19.5. The number of carbonyl (C=O) groups excluding carboxylic acids is 2. The van der Waals surface area contributed by atoms with Gasteiger partial charge in [0.25, 0.3) is 5.91 Å². The number of ketones is 1. The summed E-state index contributed by atoms with van der Waals surface area (Å²) in [6.45, 7) is 6.63. The second-order valence-electron chi connectivity index (χ2n) is 6.47. The molecule has 0 bridgehead atoms. The van der Waals surface area contributed by atoms with Crippen LogP contribution in [0, 0.1) is 13.8 Å². The van der Waals surface area contributed by atoms with E-state index in [2.05, 4.69) is 10.3 Å². The van der Waals surface area contributed by atoms with Crippen molar-refractivity contribution in [3.63, 3.8) is 0 Å². The van der Waals surface area contributed by atoms with Gasteiger partial charge in [-0.25, -0.2) is 0 Å². The van der Waals surface area contributed by atoms with Crippen molar-refractivity contribution in [2.45, 2.75) is 39.5 Å². The fourth-order valence-corrected chi connectivity index (χ4v) is 3.36. The van der Waals surface area contributed by atoms with Gasteiger partial charge in [-0.2, -0.15) is 0 Å². The van der Waals surface area contributed by atoms with E-state index in [-0.39, 0.29) is 18.0 Å². The summed E-state index contributed by atoms with van der Waals surface area (Å²) in [5.41, 5.74) is 1.41. The van der Waals surface area contributed by atoms with Crippen LogP contribution in [0.2, 0.25) is 0 Å². The normalized spacial score (nSPS) is 13.1. The Morgan fingerprint density at radius 1 is 1.15 bits per heavy atom. The van der Waals surface area contributed by atoms with Gasteiger partial charge in [-0.3, -0.25) is 14.4 Å². The number of carbonyl (C=O) groups is 3. The van der Waals surface area contributed by atoms with Gasteiger partial charge in [0.1, 0.15) is 11.1 Å². The summed E-state index contributed by atoms with van der Waals surface area (Å²) in [5, 5.41) is 12.6. The monoisotopic (exact) mass is 356 g/mol. The molecular formula is C20H24N2O4. The lowest BCUT2D eigenvalue weighted by Gasteiger charge is -2.29. The standard InChI is InChI=1S/C20H24N2O4/c1-5-20(19(25)26,15-9-7-6-8-10-15)11-21-18(24)17-12(2)16(14(4)23)13(3)22-17/h6-10,22H,5,11H2,1-4H3,(H,21,24)(H,25,26). The number of carboxylic acid groups (broad SMARTS) is 1. The minimum atomic E-state index is -1.21. The smallest absolute Gasteiger partial charge is 0.315 e. The molecule has 1 aromatic heterocycles. The molecule has 6 heteroatoms. The quantitative estimate of drug-likeness (QED) is 0.664. The van der Waals surface area contributed by atoms with E-state index in [4.69, 9.17) is 0 Å². The number of nitrogens with one attached hydrogen (secondary N) is 2. The third-order valence-electron chi connectivity index (χ3n) is 4.91. The van der Waals surface area contributed by atoms with Crippen molar-refractivity contribution >= 4 is 17.7 Å². The van der Waals surface area contributed by atoms with Gasteiger partial charge in [0.05, 0.1) is 0 Å². The van der Waals surface area contributed by atoms with Crippen LogP contribution in [0.3, 0.4) is 0 Å². The second kappa shape index (κ2) is 7.56. The van der Waals surface area contributed by atoms with E-state index in [0.29, 0.717) is 28.8 Å². The number of carboxylic acids is 1. The fourth-order valence-electron chi connectivity index (χ4n) is 3.36. The maximum Gasteiger partial charge on any atom is 0.315 e. The van der Waals surface area contributed by atoms with Crippen molar-refractivity contribution in [1.29, 1.82) is 0 Å². The van der Waals surface area contributed by atoms with Crippen LogP contribution in [0.15, 0.2) is 30.3 Å². The lowest BCUT2D eigenvalue weighted by atomic mass is 9.78. The van der Waals surface area contributed by atoms with Crippen LogP contribution in [0.4, 0.5) is 0 Å². The number of rotatable bonds is 7. The first kappa shape index (κ1) is 19.4. The number of aromatic nitrogens is 1. The fraction of sp³-hybridized carbons (Fsp3) is 0.350. The molecule has 0 aliphatic carbocycles. The molecule has 1 aromatic carbocycles. The molecule has 138 valence electrons. The molecule has 0 spiro atoms. The minimum absolute atomic E-state index is 0.0470. The second-order valence-corrected chi connectivity index (χ2v) is 6.47. The molecule has 1 amide bonds. The predicted octanol–water partition coefficient (Wildman–Crippen LogP) is 3.00. The lowest BCUT2D eigenvalue weighted by Crippen LogP contribution is -2.46. The molecule has 1 heterocycles. The summed E-state index contributed by atoms with van der Waals surface area (Å²) in [5.74, 6) is -1.53. The Kier molecular flexibility index (Phi) is 5.65. The molecule has 0 saturated carbocycles. The van der Waals surface area contributed by atoms with Gasteiger partial charge < -0.3 is 15.4 Å². The Balaban J connectivity index is 2.30. The van der Waals surface area contributed by atoms with Crippen LogP contribution < -0.4 is 5.32 Å². The SMILES string of the molecule is CCC(CNC(=O)c1[nH]c(C)c(C(C)=O)c1C)(C(=O)O)c1ccccc1. The zero-order valence-electron chi connectivity index (χ0n) is 15.5. The Morgan fingerprint density at radius 2 is 1.77 bits per heavy atom. The van der Waals surface area contributed by atoms with Crippen molar-refractivity contribution < 1.29 is 19.5 Å². The predicted molar refractivity (Wildman–Crippen MR) is 98.7 cm³/mol. The molecule has 2 aromatic rings. The molecule has 0 fully saturated rings. The summed E-state index contributed by atoms with van der Waals surface area (Å²) < 4.78 is 0. The van der Waals surface area contributed by atoms with Crippen LogP contribution in [-0.4, -0.2) is 34.3 Å². The highest BCUT2D eigenvalue weighted by atomic mass is 16.4. The first-order valence-corrected chi connectivity index (χ1v) is 8.51. The highest BCUT2D eigenvalue weighted by Crippen LogP contribution is 2.28. The number of amides is 1. The van der Waals surface area contributed by atoms with Crippen molar-refractivity contribution in [3.05, 3.63) is 58.4 Å². The van der Waals surface area contributed by atoms with Crippen LogP contribution in [0.25, 0.3) is 0 Å². The molecule has 0 radical (unpaired) electrons. The van der Waals surface area contributed by atoms with E-state index in [1.54, 1.807) is 45.0 Å². The number of aliphatic carboxylic acids is 1. The van der Waals surface area contributed by atoms with E-state index in [1.807, 2.05) is 6.07 Å². The van der Waals surface area contributed by atoms with E-state index >= 15 is 0 Å². The molecule has 1 unspecified atom stereocenters. The molecule has 26 heavy (non-hydrogen) atoms. The van der Waals surface area contributed by atoms with Gasteiger partial charge in [0.15, 0.2) is 5.78 Å². The van der Waals surface area contributed by atoms with Crippen LogP contribution in [0.1, 0.15) is 57.9 Å². The molecule has 0 aliphatic rings. The first-order valence-electron chi connectivity index (χ1n) is 8.51. The number of hydrogen-bond donors (Lipinski definition) is 3. The van der Waals surface area contributed by atoms with E-state index < -0.39 is 17.3 Å². The van der Waals surface area contributed by atoms with E-state index in [1.165, 1.54) is 6.92 Å². The molecule has 2 rings (SSSR count). The summed E-state index contributed by atoms with van der Waals surface area (Å²) >= 11 is 0. The number of aromatic amines is 1. The number of H-pyrrole nitrogens is 1. The van der Waals surface area contributed by atoms with E-state index in [0.717, 1.165) is 0 Å². The van der Waals surface area contributed by atoms with Gasteiger partial charge >= 0.3 is 5.97 Å². The molecule has 1 atom stereocenters. The number of aryl methyl sites for hydroxylation is 1. The maximum atomic E-state index is 12.6. The number of benzene rings is 1. The topological polar surface area (TPSA) is 99.3 Å². The lowest BCUT2D eigenvalue weighted by molar-refractivity contribution is -0.143. The van der Waals surface area contributed by atoms with Crippen molar-refractivity contribution in [1.82, 2.24) is 10.3 Å². The third-order valence-corrected chi connectivity index (χ3v) is 4.91. The maximum absolute atomic E-state index is 12.6. The highest BCUT2D eigenvalue weighted by molar-refractivity contribution is 6.02. The van der Waals surface area contributed by atoms with Gasteiger partial charge in [0.2, 0.25) is 0 Å². The summed E-state index contributed by atoms with van der Waals surface area (Å²) in [6.07, 6.45) is 0.327. The Labute approximate surface area is 152 Å². The minimum Gasteiger partial charge on any atom is -0.481 e. The molecule has 0 saturated heterocycles. The first-order chi connectivity index (χ1) is 12.2. The number of hydrogen-bond acceptors (Lipinski definition) is 3. The molecule has 0 aliphatic heterocycles. The van der Waals surface area contributed by atoms with E-state index in [9.17, 15) is 19.5 Å². The Morgan fingerprint density at radius 3 is 2.23 bits per heavy atom. The van der Waals surface area contributed by atoms with Crippen LogP contribution in [-0.2, 0) is 10.2 Å². The van der Waals surface area contributed by atoms with Crippen LogP contribution >= 0.6 is 0 Å². The Bertz CT molecular complexity index is 839. The highest BCUT2D eigenvalue weighted by Gasteiger charge is 2.39. The largest absolute Gasteiger partial charge is 0.481 e. The summed E-state index contributed by atoms with van der Waals surface area (Å²) in [6, 6.07) is 8.88. The third kappa shape index (κ3) is 3.40. The summed E-state index contributed by atoms with van der Waals surface area (Å²) in [7, 11) is 0. The van der Waals surface area contributed by atoms with Crippen molar-refractivity contribution in [2.75, 3.05) is 6.54 Å². The van der Waals surface area contributed by atoms with Crippen molar-refractivity contribution in [2.24, 2.45) is 0 Å². The Hall–Kier alpha value is -2.89. The van der Waals surface area contributed by atoms with Gasteiger partial charge in [0, 0.05) is 17.8 Å². The zero-order valence-corrected chi connectivity index (χ0v) is 15.5. The summed E-state index contributed by atoms with van der Waals surface area (Å²) in [4.78, 5) is 39.3. The average molecular weight is 356 g/mol. The molecule has 6 nitrogen and oxygen atoms in total. The van der Waals surface area contributed by atoms with Crippen LogP contribution in [0.5, 0.6) is 0 Å². The van der Waals surface area contributed by atoms with Gasteiger partial charge in [-0.05, 0) is 38.3 Å². The average Bonchev–Trinajstić information content (AvgIpc) is 2.91. The number of Topliss-reactive ketones (excluding diaryl/α,β-unsaturated/α-hetero) is 1. The van der Waals surface area contributed by atoms with Gasteiger partial charge in [-0.15, -0.1) is 0 Å². The van der Waals surface area contributed by atoms with Crippen molar-refractivity contribution in [3.8, 4) is 0 Å². The molecule has 3 N–H and O–H groups in total. The molecular weight excluding hydrogens is 332 g/mol.